The minimum Gasteiger partial charge on any atom is -0.497 e. The van der Waals surface area contributed by atoms with Crippen LogP contribution in [0.5, 0.6) is 5.75 Å². The second kappa shape index (κ2) is 8.90. The molecule has 1 amide bonds. The van der Waals surface area contributed by atoms with Crippen molar-refractivity contribution in [3.05, 3.63) is 89.5 Å². The van der Waals surface area contributed by atoms with Crippen molar-refractivity contribution < 1.29 is 9.53 Å². The van der Waals surface area contributed by atoms with Gasteiger partial charge in [0, 0.05) is 23.5 Å². The van der Waals surface area contributed by atoms with E-state index in [2.05, 4.69) is 22.8 Å². The summed E-state index contributed by atoms with van der Waals surface area (Å²) in [6, 6.07) is 23.4. The van der Waals surface area contributed by atoms with E-state index < -0.39 is 0 Å². The maximum absolute atomic E-state index is 12.3. The zero-order chi connectivity index (χ0) is 19.1. The predicted molar refractivity (Wildman–Crippen MR) is 111 cm³/mol. The van der Waals surface area contributed by atoms with Crippen LogP contribution >= 0.6 is 0 Å². The van der Waals surface area contributed by atoms with E-state index in [1.165, 1.54) is 5.56 Å². The summed E-state index contributed by atoms with van der Waals surface area (Å²) in [4.78, 5) is 12.3. The van der Waals surface area contributed by atoms with Gasteiger partial charge in [-0.05, 0) is 67.4 Å². The number of hydrogen-bond donors (Lipinski definition) is 2. The van der Waals surface area contributed by atoms with Crippen LogP contribution in [0.1, 0.15) is 21.5 Å². The highest BCUT2D eigenvalue weighted by atomic mass is 16.5. The maximum atomic E-state index is 12.3. The minimum absolute atomic E-state index is 0.0982. The average Bonchev–Trinajstić information content (AvgIpc) is 2.70. The second-order valence-corrected chi connectivity index (χ2v) is 6.43. The predicted octanol–water partition coefficient (Wildman–Crippen LogP) is 4.91. The van der Waals surface area contributed by atoms with Crippen molar-refractivity contribution in [2.45, 2.75) is 13.3 Å². The van der Waals surface area contributed by atoms with Crippen LogP contribution in [0.3, 0.4) is 0 Å². The summed E-state index contributed by atoms with van der Waals surface area (Å²) < 4.78 is 5.17. The number of rotatable bonds is 7. The number of ether oxygens (including phenoxy) is 1. The molecule has 0 saturated heterocycles. The van der Waals surface area contributed by atoms with Crippen molar-refractivity contribution in [3.8, 4) is 5.75 Å². The Bertz CT molecular complexity index is 887. The Labute approximate surface area is 160 Å². The van der Waals surface area contributed by atoms with Gasteiger partial charge in [-0.2, -0.15) is 0 Å². The van der Waals surface area contributed by atoms with Gasteiger partial charge in [-0.25, -0.2) is 0 Å². The molecular formula is C23H24N2O2. The van der Waals surface area contributed by atoms with Gasteiger partial charge in [0.1, 0.15) is 5.75 Å². The lowest BCUT2D eigenvalue weighted by atomic mass is 10.1. The molecule has 0 bridgehead atoms. The van der Waals surface area contributed by atoms with E-state index in [0.29, 0.717) is 5.56 Å². The Morgan fingerprint density at radius 2 is 1.63 bits per heavy atom. The first kappa shape index (κ1) is 18.5. The third-order valence-corrected chi connectivity index (χ3v) is 4.32. The fourth-order valence-electron chi connectivity index (χ4n) is 2.80. The molecule has 27 heavy (non-hydrogen) atoms. The van der Waals surface area contributed by atoms with E-state index >= 15 is 0 Å². The number of carbonyl (C=O) groups excluding carboxylic acids is 1. The van der Waals surface area contributed by atoms with E-state index in [1.807, 2.05) is 67.6 Å². The van der Waals surface area contributed by atoms with Gasteiger partial charge in [0.25, 0.3) is 5.91 Å². The SMILES string of the molecule is COc1ccc(CCNc2ccc(NC(=O)c3cccc(C)c3)cc2)cc1. The topological polar surface area (TPSA) is 50.4 Å². The molecule has 0 unspecified atom stereocenters. The molecule has 0 heterocycles. The number of amides is 1. The van der Waals surface area contributed by atoms with Crippen molar-refractivity contribution in [1.29, 1.82) is 0 Å². The summed E-state index contributed by atoms with van der Waals surface area (Å²) in [5.74, 6) is 0.772. The summed E-state index contributed by atoms with van der Waals surface area (Å²) in [5.41, 5.74) is 4.79. The monoisotopic (exact) mass is 360 g/mol. The van der Waals surface area contributed by atoms with Gasteiger partial charge in [-0.3, -0.25) is 4.79 Å². The molecule has 0 aliphatic carbocycles. The van der Waals surface area contributed by atoms with Crippen LogP contribution < -0.4 is 15.4 Å². The molecule has 0 aliphatic heterocycles. The number of hydrogen-bond acceptors (Lipinski definition) is 3. The molecule has 0 saturated carbocycles. The highest BCUT2D eigenvalue weighted by Gasteiger charge is 2.06. The van der Waals surface area contributed by atoms with Gasteiger partial charge in [-0.15, -0.1) is 0 Å². The molecule has 4 nitrogen and oxygen atoms in total. The highest BCUT2D eigenvalue weighted by Crippen LogP contribution is 2.16. The van der Waals surface area contributed by atoms with Crippen LogP contribution in [-0.2, 0) is 6.42 Å². The number of methoxy groups -OCH3 is 1. The first-order chi connectivity index (χ1) is 13.1. The zero-order valence-electron chi connectivity index (χ0n) is 15.7. The van der Waals surface area contributed by atoms with Crippen molar-refractivity contribution >= 4 is 17.3 Å². The lowest BCUT2D eigenvalue weighted by molar-refractivity contribution is 0.102. The molecule has 0 aromatic heterocycles. The Balaban J connectivity index is 1.50. The number of carbonyl (C=O) groups is 1. The summed E-state index contributed by atoms with van der Waals surface area (Å²) in [7, 11) is 1.67. The molecule has 2 N–H and O–H groups in total. The Morgan fingerprint density at radius 3 is 2.30 bits per heavy atom. The van der Waals surface area contributed by atoms with E-state index in [0.717, 1.165) is 35.7 Å². The summed E-state index contributed by atoms with van der Waals surface area (Å²) >= 11 is 0. The number of benzene rings is 3. The van der Waals surface area contributed by atoms with Crippen molar-refractivity contribution in [1.82, 2.24) is 0 Å². The molecule has 0 radical (unpaired) electrons. The standard InChI is InChI=1S/C23H24N2O2/c1-17-4-3-5-19(16-17)23(26)25-21-10-8-20(9-11-21)24-15-14-18-6-12-22(27-2)13-7-18/h3-13,16,24H,14-15H2,1-2H3,(H,25,26). The number of anilines is 2. The van der Waals surface area contributed by atoms with Gasteiger partial charge in [0.15, 0.2) is 0 Å². The smallest absolute Gasteiger partial charge is 0.255 e. The first-order valence-corrected chi connectivity index (χ1v) is 8.99. The molecule has 4 heteroatoms. The quantitative estimate of drug-likeness (QED) is 0.629. The van der Waals surface area contributed by atoms with Crippen LogP contribution in [0.4, 0.5) is 11.4 Å². The minimum atomic E-state index is -0.0982. The van der Waals surface area contributed by atoms with Crippen molar-refractivity contribution in [2.75, 3.05) is 24.3 Å². The number of aryl methyl sites for hydroxylation is 1. The van der Waals surface area contributed by atoms with Crippen LogP contribution in [0, 0.1) is 6.92 Å². The average molecular weight is 360 g/mol. The van der Waals surface area contributed by atoms with Gasteiger partial charge < -0.3 is 15.4 Å². The fourth-order valence-corrected chi connectivity index (χ4v) is 2.80. The Morgan fingerprint density at radius 1 is 0.926 bits per heavy atom. The van der Waals surface area contributed by atoms with Crippen molar-refractivity contribution in [3.63, 3.8) is 0 Å². The number of nitrogens with one attached hydrogen (secondary N) is 2. The van der Waals surface area contributed by atoms with E-state index in [9.17, 15) is 4.79 Å². The largest absolute Gasteiger partial charge is 0.497 e. The lowest BCUT2D eigenvalue weighted by Crippen LogP contribution is -2.12. The summed E-state index contributed by atoms with van der Waals surface area (Å²) in [6.45, 7) is 2.81. The first-order valence-electron chi connectivity index (χ1n) is 8.99. The molecular weight excluding hydrogens is 336 g/mol. The molecule has 0 aliphatic rings. The van der Waals surface area contributed by atoms with E-state index in [1.54, 1.807) is 7.11 Å². The van der Waals surface area contributed by atoms with Gasteiger partial charge in [-0.1, -0.05) is 29.8 Å². The van der Waals surface area contributed by atoms with E-state index in [4.69, 9.17) is 4.74 Å². The molecule has 0 spiro atoms. The van der Waals surface area contributed by atoms with Crippen LogP contribution in [0.2, 0.25) is 0 Å². The zero-order valence-corrected chi connectivity index (χ0v) is 15.7. The van der Waals surface area contributed by atoms with Gasteiger partial charge in [0.2, 0.25) is 0 Å². The third-order valence-electron chi connectivity index (χ3n) is 4.32. The molecule has 138 valence electrons. The van der Waals surface area contributed by atoms with Gasteiger partial charge >= 0.3 is 0 Å². The Hall–Kier alpha value is -3.27. The lowest BCUT2D eigenvalue weighted by Gasteiger charge is -2.09. The Kier molecular flexibility index (Phi) is 6.10. The maximum Gasteiger partial charge on any atom is 0.255 e. The summed E-state index contributed by atoms with van der Waals surface area (Å²) in [6.07, 6.45) is 0.926. The molecule has 0 atom stereocenters. The van der Waals surface area contributed by atoms with Gasteiger partial charge in [0.05, 0.1) is 7.11 Å². The van der Waals surface area contributed by atoms with Crippen LogP contribution in [0.15, 0.2) is 72.8 Å². The van der Waals surface area contributed by atoms with E-state index in [-0.39, 0.29) is 5.91 Å². The molecule has 3 aromatic carbocycles. The third kappa shape index (κ3) is 5.35. The van der Waals surface area contributed by atoms with Crippen LogP contribution in [-0.4, -0.2) is 19.6 Å². The second-order valence-electron chi connectivity index (χ2n) is 6.43. The normalized spacial score (nSPS) is 10.3. The molecule has 0 fully saturated rings. The highest BCUT2D eigenvalue weighted by molar-refractivity contribution is 6.04. The van der Waals surface area contributed by atoms with Crippen LogP contribution in [0.25, 0.3) is 0 Å². The molecule has 3 aromatic rings. The fraction of sp³-hybridized carbons (Fsp3) is 0.174. The van der Waals surface area contributed by atoms with Crippen molar-refractivity contribution in [2.24, 2.45) is 0 Å². The summed E-state index contributed by atoms with van der Waals surface area (Å²) in [5, 5.41) is 6.32. The molecule has 3 rings (SSSR count).